The van der Waals surface area contributed by atoms with Gasteiger partial charge in [-0.2, -0.15) is 13.2 Å². The Morgan fingerprint density at radius 2 is 2.12 bits per heavy atom. The van der Waals surface area contributed by atoms with Crippen LogP contribution in [0.4, 0.5) is 13.2 Å². The monoisotopic (exact) mass is 233 g/mol. The summed E-state index contributed by atoms with van der Waals surface area (Å²) in [5, 5.41) is 6.91. The summed E-state index contributed by atoms with van der Waals surface area (Å²) in [6, 6.07) is -1.75. The van der Waals surface area contributed by atoms with Crippen LogP contribution >= 0.6 is 0 Å². The summed E-state index contributed by atoms with van der Waals surface area (Å²) in [6.45, 7) is 1.01. The number of aromatic nitrogens is 3. The van der Waals surface area contributed by atoms with Gasteiger partial charge in [-0.15, -0.1) is 5.10 Å². The number of alkyl halides is 3. The number of carbonyl (C=O) groups is 1. The molecule has 0 amide bonds. The van der Waals surface area contributed by atoms with Gasteiger partial charge in [0.15, 0.2) is 6.29 Å². The molecule has 0 aliphatic heterocycles. The Morgan fingerprint density at radius 1 is 1.50 bits per heavy atom. The van der Waals surface area contributed by atoms with Crippen LogP contribution in [0.25, 0.3) is 0 Å². The van der Waals surface area contributed by atoms with Crippen LogP contribution in [0, 0.1) is 0 Å². The van der Waals surface area contributed by atoms with Crippen LogP contribution in [0.5, 0.6) is 0 Å². The summed E-state index contributed by atoms with van der Waals surface area (Å²) in [7, 11) is 0. The zero-order chi connectivity index (χ0) is 11.9. The Labute approximate surface area is 89.4 Å². The second kappa shape index (κ2) is 3.57. The van der Waals surface area contributed by atoms with E-state index >= 15 is 0 Å². The molecule has 0 aromatic carbocycles. The van der Waals surface area contributed by atoms with E-state index in [4.69, 9.17) is 0 Å². The van der Waals surface area contributed by atoms with E-state index in [0.29, 0.717) is 12.0 Å². The molecule has 7 heteroatoms. The van der Waals surface area contributed by atoms with Gasteiger partial charge in [-0.25, -0.2) is 4.68 Å². The average Bonchev–Trinajstić information content (AvgIpc) is 2.95. The number of carbonyl (C=O) groups excluding carboxylic acids is 1. The molecule has 1 saturated carbocycles. The molecule has 88 valence electrons. The largest absolute Gasteiger partial charge is 0.410 e. The van der Waals surface area contributed by atoms with Crippen molar-refractivity contribution in [1.82, 2.24) is 15.0 Å². The molecule has 16 heavy (non-hydrogen) atoms. The van der Waals surface area contributed by atoms with Crippen LogP contribution in [0.2, 0.25) is 0 Å². The lowest BCUT2D eigenvalue weighted by molar-refractivity contribution is -0.166. The van der Waals surface area contributed by atoms with Crippen molar-refractivity contribution >= 4 is 6.29 Å². The Morgan fingerprint density at radius 3 is 2.56 bits per heavy atom. The summed E-state index contributed by atoms with van der Waals surface area (Å²) in [5.41, 5.74) is 0.346. The van der Waals surface area contributed by atoms with Crippen molar-refractivity contribution < 1.29 is 18.0 Å². The Hall–Kier alpha value is -1.40. The minimum Gasteiger partial charge on any atom is -0.296 e. The van der Waals surface area contributed by atoms with Crippen LogP contribution in [0.15, 0.2) is 0 Å². The van der Waals surface area contributed by atoms with Gasteiger partial charge >= 0.3 is 6.18 Å². The molecule has 1 aliphatic carbocycles. The minimum atomic E-state index is -4.38. The van der Waals surface area contributed by atoms with Crippen LogP contribution in [0.1, 0.15) is 47.9 Å². The first-order chi connectivity index (χ1) is 7.45. The standard InChI is InChI=1S/C9H10F3N3O/c1-5(9(10,11)12)15-8(6-2-3-6)7(4-16)13-14-15/h4-6H,2-3H2,1H3. The van der Waals surface area contributed by atoms with E-state index < -0.39 is 12.2 Å². The Kier molecular flexibility index (Phi) is 2.47. The quantitative estimate of drug-likeness (QED) is 0.751. The smallest absolute Gasteiger partial charge is 0.296 e. The molecule has 0 spiro atoms. The molecule has 0 radical (unpaired) electrons. The summed E-state index contributed by atoms with van der Waals surface area (Å²) < 4.78 is 38.4. The molecule has 2 rings (SSSR count). The van der Waals surface area contributed by atoms with Crippen LogP contribution in [-0.4, -0.2) is 27.5 Å². The molecule has 0 N–H and O–H groups in total. The maximum atomic E-state index is 12.5. The zero-order valence-corrected chi connectivity index (χ0v) is 8.53. The maximum absolute atomic E-state index is 12.5. The minimum absolute atomic E-state index is 0.000000000000000222. The fraction of sp³-hybridized carbons (Fsp3) is 0.667. The maximum Gasteiger partial charge on any atom is 0.410 e. The van der Waals surface area contributed by atoms with Crippen molar-refractivity contribution in [2.24, 2.45) is 0 Å². The van der Waals surface area contributed by atoms with E-state index in [9.17, 15) is 18.0 Å². The Balaban J connectivity index is 2.40. The highest BCUT2D eigenvalue weighted by molar-refractivity contribution is 5.73. The fourth-order valence-electron chi connectivity index (χ4n) is 1.57. The van der Waals surface area contributed by atoms with Crippen LogP contribution in [-0.2, 0) is 0 Å². The van der Waals surface area contributed by atoms with E-state index in [-0.39, 0.29) is 11.6 Å². The molecule has 4 nitrogen and oxygen atoms in total. The van der Waals surface area contributed by atoms with Crippen molar-refractivity contribution in [3.63, 3.8) is 0 Å². The van der Waals surface area contributed by atoms with Crippen molar-refractivity contribution in [2.45, 2.75) is 37.9 Å². The predicted molar refractivity (Wildman–Crippen MR) is 48.2 cm³/mol. The molecule has 0 saturated heterocycles. The molecule has 1 atom stereocenters. The molecule has 1 heterocycles. The SMILES string of the molecule is CC(n1nnc(C=O)c1C1CC1)C(F)(F)F. The highest BCUT2D eigenvalue weighted by Crippen LogP contribution is 2.43. The summed E-state index contributed by atoms with van der Waals surface area (Å²) >= 11 is 0. The van der Waals surface area contributed by atoms with Gasteiger partial charge in [0.1, 0.15) is 11.7 Å². The first-order valence-corrected chi connectivity index (χ1v) is 4.92. The number of hydrogen-bond acceptors (Lipinski definition) is 3. The Bertz CT molecular complexity index is 409. The lowest BCUT2D eigenvalue weighted by atomic mass is 10.2. The lowest BCUT2D eigenvalue weighted by Gasteiger charge is -2.17. The number of rotatable bonds is 3. The van der Waals surface area contributed by atoms with Gasteiger partial charge in [0.2, 0.25) is 0 Å². The molecule has 0 bridgehead atoms. The highest BCUT2D eigenvalue weighted by atomic mass is 19.4. The number of nitrogens with zero attached hydrogens (tertiary/aromatic N) is 3. The molecule has 1 aromatic heterocycles. The summed E-state index contributed by atoms with van der Waals surface area (Å²) in [6.07, 6.45) is -2.34. The first kappa shape index (κ1) is 11.1. The molecule has 1 aliphatic rings. The molecule has 1 aromatic rings. The number of aldehydes is 1. The van der Waals surface area contributed by atoms with E-state index in [1.165, 1.54) is 0 Å². The zero-order valence-electron chi connectivity index (χ0n) is 8.53. The molecule has 1 unspecified atom stereocenters. The van der Waals surface area contributed by atoms with Gasteiger partial charge in [0.25, 0.3) is 0 Å². The first-order valence-electron chi connectivity index (χ1n) is 4.92. The van der Waals surface area contributed by atoms with E-state index in [0.717, 1.165) is 24.4 Å². The van der Waals surface area contributed by atoms with Gasteiger partial charge in [-0.05, 0) is 19.8 Å². The van der Waals surface area contributed by atoms with Crippen molar-refractivity contribution in [3.8, 4) is 0 Å². The normalized spacial score (nSPS) is 18.5. The topological polar surface area (TPSA) is 47.8 Å². The van der Waals surface area contributed by atoms with Gasteiger partial charge in [-0.3, -0.25) is 4.79 Å². The van der Waals surface area contributed by atoms with Crippen molar-refractivity contribution in [1.29, 1.82) is 0 Å². The second-order valence-corrected chi connectivity index (χ2v) is 3.91. The second-order valence-electron chi connectivity index (χ2n) is 3.91. The summed E-state index contributed by atoms with van der Waals surface area (Å²) in [5.74, 6) is -0.000000000000000222. The molecular formula is C9H10F3N3O. The van der Waals surface area contributed by atoms with Crippen molar-refractivity contribution in [3.05, 3.63) is 11.4 Å². The van der Waals surface area contributed by atoms with Gasteiger partial charge in [0.05, 0.1) is 5.69 Å². The fourth-order valence-corrected chi connectivity index (χ4v) is 1.57. The average molecular weight is 233 g/mol. The van der Waals surface area contributed by atoms with E-state index in [1.54, 1.807) is 0 Å². The van der Waals surface area contributed by atoms with Crippen molar-refractivity contribution in [2.75, 3.05) is 0 Å². The lowest BCUT2D eigenvalue weighted by Crippen LogP contribution is -2.26. The van der Waals surface area contributed by atoms with Crippen LogP contribution in [0.3, 0.4) is 0 Å². The summed E-state index contributed by atoms with van der Waals surface area (Å²) in [4.78, 5) is 10.6. The van der Waals surface area contributed by atoms with Gasteiger partial charge < -0.3 is 0 Å². The third-order valence-corrected chi connectivity index (χ3v) is 2.67. The highest BCUT2D eigenvalue weighted by Gasteiger charge is 2.42. The van der Waals surface area contributed by atoms with Crippen LogP contribution < -0.4 is 0 Å². The van der Waals surface area contributed by atoms with E-state index in [2.05, 4.69) is 10.3 Å². The third kappa shape index (κ3) is 1.81. The molecule has 1 fully saturated rings. The van der Waals surface area contributed by atoms with Gasteiger partial charge in [0, 0.05) is 5.92 Å². The molecular weight excluding hydrogens is 223 g/mol. The third-order valence-electron chi connectivity index (χ3n) is 2.67. The predicted octanol–water partition coefficient (Wildman–Crippen LogP) is 2.09. The van der Waals surface area contributed by atoms with E-state index in [1.807, 2.05) is 0 Å². The van der Waals surface area contributed by atoms with Gasteiger partial charge in [-0.1, -0.05) is 5.21 Å². The number of halogens is 3. The number of hydrogen-bond donors (Lipinski definition) is 0.